The summed E-state index contributed by atoms with van der Waals surface area (Å²) >= 11 is 0. The Kier molecular flexibility index (Phi) is 4.20. The maximum Gasteiger partial charge on any atom is 0.325 e. The number of hydrogen-bond donors (Lipinski definition) is 1. The molecule has 2 aromatic rings. The second-order valence-corrected chi connectivity index (χ2v) is 8.73. The topological polar surface area (TPSA) is 69.7 Å². The van der Waals surface area contributed by atoms with Crippen molar-refractivity contribution in [3.8, 4) is 0 Å². The van der Waals surface area contributed by atoms with Crippen molar-refractivity contribution in [2.24, 2.45) is 0 Å². The summed E-state index contributed by atoms with van der Waals surface area (Å²) < 4.78 is 0. The molecule has 2 unspecified atom stereocenters. The lowest BCUT2D eigenvalue weighted by Crippen LogP contribution is -2.46. The zero-order chi connectivity index (χ0) is 21.0. The molecule has 2 heterocycles. The van der Waals surface area contributed by atoms with E-state index in [2.05, 4.69) is 11.4 Å². The highest BCUT2D eigenvalue weighted by molar-refractivity contribution is 6.11. The van der Waals surface area contributed by atoms with E-state index >= 15 is 0 Å². The number of nitrogens with one attached hydrogen (secondary N) is 1. The van der Waals surface area contributed by atoms with Gasteiger partial charge in [-0.3, -0.25) is 14.5 Å². The van der Waals surface area contributed by atoms with Crippen molar-refractivity contribution in [2.45, 2.75) is 51.1 Å². The van der Waals surface area contributed by atoms with Crippen molar-refractivity contribution in [1.82, 2.24) is 10.2 Å². The van der Waals surface area contributed by atoms with Gasteiger partial charge in [0.1, 0.15) is 12.1 Å². The third kappa shape index (κ3) is 2.74. The molecule has 0 radical (unpaired) electrons. The van der Waals surface area contributed by atoms with E-state index in [4.69, 9.17) is 0 Å². The highest BCUT2D eigenvalue weighted by atomic mass is 16.2. The SMILES string of the molecule is CC1Cc2ccccc2N1C(=O)CN1C(=O)NC(C)(c2ccc3c(c2)CCC3)C1=O. The largest absolute Gasteiger partial charge is 0.325 e. The van der Waals surface area contributed by atoms with Crippen molar-refractivity contribution in [2.75, 3.05) is 11.4 Å². The van der Waals surface area contributed by atoms with Gasteiger partial charge < -0.3 is 10.2 Å². The van der Waals surface area contributed by atoms with E-state index in [0.29, 0.717) is 0 Å². The van der Waals surface area contributed by atoms with Crippen LogP contribution in [0, 0.1) is 0 Å². The third-order valence-corrected chi connectivity index (χ3v) is 6.72. The number of imide groups is 1. The van der Waals surface area contributed by atoms with E-state index in [1.54, 1.807) is 11.8 Å². The minimum Gasteiger partial charge on any atom is -0.319 e. The van der Waals surface area contributed by atoms with Crippen LogP contribution < -0.4 is 10.2 Å². The molecule has 1 saturated heterocycles. The van der Waals surface area contributed by atoms with E-state index < -0.39 is 11.6 Å². The molecule has 6 nitrogen and oxygen atoms in total. The number of urea groups is 1. The predicted molar refractivity (Wildman–Crippen MR) is 113 cm³/mol. The van der Waals surface area contributed by atoms with Gasteiger partial charge in [-0.25, -0.2) is 4.79 Å². The van der Waals surface area contributed by atoms with Crippen LogP contribution in [0.25, 0.3) is 0 Å². The number of hydrogen-bond acceptors (Lipinski definition) is 3. The van der Waals surface area contributed by atoms with Gasteiger partial charge in [0.15, 0.2) is 0 Å². The van der Waals surface area contributed by atoms with Crippen LogP contribution in [-0.2, 0) is 34.4 Å². The van der Waals surface area contributed by atoms with Crippen LogP contribution in [0.4, 0.5) is 10.5 Å². The Labute approximate surface area is 175 Å². The minimum atomic E-state index is -1.15. The lowest BCUT2D eigenvalue weighted by molar-refractivity contribution is -0.134. The zero-order valence-corrected chi connectivity index (χ0v) is 17.3. The van der Waals surface area contributed by atoms with Gasteiger partial charge in [-0.15, -0.1) is 0 Å². The van der Waals surface area contributed by atoms with Crippen LogP contribution in [0.2, 0.25) is 0 Å². The number of aryl methyl sites for hydroxylation is 2. The van der Waals surface area contributed by atoms with Crippen LogP contribution in [0.15, 0.2) is 42.5 Å². The van der Waals surface area contributed by atoms with E-state index in [9.17, 15) is 14.4 Å². The predicted octanol–water partition coefficient (Wildman–Crippen LogP) is 2.92. The van der Waals surface area contributed by atoms with Gasteiger partial charge in [0, 0.05) is 11.7 Å². The summed E-state index contributed by atoms with van der Waals surface area (Å²) in [5, 5.41) is 2.83. The van der Waals surface area contributed by atoms with Crippen LogP contribution >= 0.6 is 0 Å². The number of carbonyl (C=O) groups excluding carboxylic acids is 3. The molecule has 154 valence electrons. The van der Waals surface area contributed by atoms with Gasteiger partial charge in [0.25, 0.3) is 5.91 Å². The number of benzene rings is 2. The van der Waals surface area contributed by atoms with Crippen molar-refractivity contribution in [3.05, 3.63) is 64.7 Å². The highest BCUT2D eigenvalue weighted by Crippen LogP contribution is 2.34. The molecule has 0 spiro atoms. The average molecular weight is 403 g/mol. The molecular weight excluding hydrogens is 378 g/mol. The Hall–Kier alpha value is -3.15. The zero-order valence-electron chi connectivity index (χ0n) is 17.3. The first-order chi connectivity index (χ1) is 14.4. The lowest BCUT2D eigenvalue weighted by atomic mass is 9.89. The smallest absolute Gasteiger partial charge is 0.319 e. The molecule has 1 N–H and O–H groups in total. The Balaban J connectivity index is 1.39. The molecule has 5 rings (SSSR count). The van der Waals surface area contributed by atoms with Gasteiger partial charge in [0.05, 0.1) is 0 Å². The van der Waals surface area contributed by atoms with E-state index in [0.717, 1.165) is 47.4 Å². The van der Waals surface area contributed by atoms with E-state index in [1.165, 1.54) is 11.1 Å². The van der Waals surface area contributed by atoms with Crippen molar-refractivity contribution >= 4 is 23.5 Å². The number of amides is 4. The number of fused-ring (bicyclic) bond motifs is 2. The fourth-order valence-corrected chi connectivity index (χ4v) is 5.08. The molecule has 2 aliphatic heterocycles. The van der Waals surface area contributed by atoms with Crippen LogP contribution in [-0.4, -0.2) is 35.3 Å². The minimum absolute atomic E-state index is 0.00115. The summed E-state index contributed by atoms with van der Waals surface area (Å²) in [6.07, 6.45) is 3.94. The van der Waals surface area contributed by atoms with Gasteiger partial charge in [-0.1, -0.05) is 36.4 Å². The number of para-hydroxylation sites is 1. The monoisotopic (exact) mass is 403 g/mol. The second-order valence-electron chi connectivity index (χ2n) is 8.73. The molecule has 4 amide bonds. The van der Waals surface area contributed by atoms with E-state index in [-0.39, 0.29) is 24.4 Å². The van der Waals surface area contributed by atoms with Crippen LogP contribution in [0.3, 0.4) is 0 Å². The van der Waals surface area contributed by atoms with E-state index in [1.807, 2.05) is 43.3 Å². The standard InChI is InChI=1S/C24H25N3O3/c1-15-12-18-6-3-4-9-20(18)27(15)21(28)14-26-22(29)24(2,25-23(26)30)19-11-10-16-7-5-8-17(16)13-19/h3-4,6,9-11,13,15H,5,7-8,12,14H2,1-2H3,(H,25,30). The lowest BCUT2D eigenvalue weighted by Gasteiger charge is -2.26. The summed E-state index contributed by atoms with van der Waals surface area (Å²) in [6, 6.07) is 13.3. The summed E-state index contributed by atoms with van der Waals surface area (Å²) in [4.78, 5) is 41.9. The molecule has 1 aliphatic carbocycles. The van der Waals surface area contributed by atoms with Gasteiger partial charge >= 0.3 is 6.03 Å². The number of rotatable bonds is 3. The van der Waals surface area contributed by atoms with Crippen molar-refractivity contribution in [3.63, 3.8) is 0 Å². The fraction of sp³-hybridized carbons (Fsp3) is 0.375. The molecule has 0 aromatic heterocycles. The molecule has 30 heavy (non-hydrogen) atoms. The quantitative estimate of drug-likeness (QED) is 0.801. The van der Waals surface area contributed by atoms with Crippen LogP contribution in [0.1, 0.15) is 42.5 Å². The average Bonchev–Trinajstić information content (AvgIpc) is 3.38. The maximum absolute atomic E-state index is 13.3. The molecule has 0 bridgehead atoms. The van der Waals surface area contributed by atoms with Gasteiger partial charge in [-0.05, 0) is 67.9 Å². The molecule has 0 saturated carbocycles. The molecule has 1 fully saturated rings. The fourth-order valence-electron chi connectivity index (χ4n) is 5.08. The number of carbonyl (C=O) groups is 3. The van der Waals surface area contributed by atoms with Crippen molar-refractivity contribution < 1.29 is 14.4 Å². The first-order valence-corrected chi connectivity index (χ1v) is 10.5. The van der Waals surface area contributed by atoms with Crippen LogP contribution in [0.5, 0.6) is 0 Å². The second kappa shape index (κ2) is 6.69. The molecule has 3 aliphatic rings. The summed E-state index contributed by atoms with van der Waals surface area (Å²) in [7, 11) is 0. The third-order valence-electron chi connectivity index (χ3n) is 6.72. The number of nitrogens with zero attached hydrogens (tertiary/aromatic N) is 2. The molecule has 6 heteroatoms. The first-order valence-electron chi connectivity index (χ1n) is 10.5. The Bertz CT molecular complexity index is 1080. The van der Waals surface area contributed by atoms with Crippen molar-refractivity contribution in [1.29, 1.82) is 0 Å². The summed E-state index contributed by atoms with van der Waals surface area (Å²) in [5.74, 6) is -0.618. The highest BCUT2D eigenvalue weighted by Gasteiger charge is 2.50. The normalized spacial score (nSPS) is 24.8. The Morgan fingerprint density at radius 1 is 1.10 bits per heavy atom. The first kappa shape index (κ1) is 18.9. The van der Waals surface area contributed by atoms with Gasteiger partial charge in [-0.2, -0.15) is 0 Å². The molecular formula is C24H25N3O3. The number of anilines is 1. The molecule has 2 aromatic carbocycles. The Morgan fingerprint density at radius 3 is 2.70 bits per heavy atom. The molecule has 2 atom stereocenters. The summed E-state index contributed by atoms with van der Waals surface area (Å²) in [6.45, 7) is 3.45. The summed E-state index contributed by atoms with van der Waals surface area (Å²) in [5.41, 5.74) is 4.16. The maximum atomic E-state index is 13.3. The van der Waals surface area contributed by atoms with Gasteiger partial charge in [0.2, 0.25) is 5.91 Å². The Morgan fingerprint density at radius 2 is 1.87 bits per heavy atom.